The number of amides is 2. The third kappa shape index (κ3) is 5.21. The van der Waals surface area contributed by atoms with Crippen molar-refractivity contribution >= 4 is 34.8 Å². The molecule has 0 radical (unpaired) electrons. The summed E-state index contributed by atoms with van der Waals surface area (Å²) in [5, 5.41) is 5.84. The quantitative estimate of drug-likeness (QED) is 0.620. The van der Waals surface area contributed by atoms with Gasteiger partial charge in [-0.2, -0.15) is 0 Å². The summed E-state index contributed by atoms with van der Waals surface area (Å²) in [7, 11) is 0. The van der Waals surface area contributed by atoms with E-state index in [1.165, 1.54) is 6.92 Å². The number of furan rings is 1. The average molecular weight is 383 g/mol. The molecule has 0 aliphatic carbocycles. The second-order valence-electron chi connectivity index (χ2n) is 6.06. The van der Waals surface area contributed by atoms with Gasteiger partial charge in [-0.15, -0.1) is 0 Å². The summed E-state index contributed by atoms with van der Waals surface area (Å²) in [5.74, 6) is 1.15. The number of carbonyl (C=O) groups excluding carboxylic acids is 2. The molecule has 0 atom stereocenters. The number of benzene rings is 2. The Balaban J connectivity index is 1.57. The molecule has 1 heterocycles. The lowest BCUT2D eigenvalue weighted by molar-refractivity contribution is -0.116. The fraction of sp³-hybridized carbons (Fsp3) is 0.143. The molecule has 0 spiro atoms. The standard InChI is InChI=1S/C21H19ClN2O3/c1-14(25)23-19-13-16(7-10-18(19)22)24-21(26)12-9-17-8-11-20(27-17)15-5-3-2-4-6-15/h2-8,10-11,13H,9,12H2,1H3,(H,23,25)(H,24,26). The van der Waals surface area contributed by atoms with E-state index in [0.29, 0.717) is 22.8 Å². The van der Waals surface area contributed by atoms with E-state index in [4.69, 9.17) is 16.0 Å². The number of rotatable bonds is 6. The number of hydrogen-bond acceptors (Lipinski definition) is 3. The Morgan fingerprint density at radius 3 is 2.52 bits per heavy atom. The molecule has 0 fully saturated rings. The summed E-state index contributed by atoms with van der Waals surface area (Å²) in [5.41, 5.74) is 2.03. The first kappa shape index (κ1) is 18.7. The van der Waals surface area contributed by atoms with Crippen molar-refractivity contribution in [3.63, 3.8) is 0 Å². The van der Waals surface area contributed by atoms with Crippen LogP contribution in [0.4, 0.5) is 11.4 Å². The lowest BCUT2D eigenvalue weighted by atomic mass is 10.2. The van der Waals surface area contributed by atoms with Crippen LogP contribution in [0.25, 0.3) is 11.3 Å². The van der Waals surface area contributed by atoms with Gasteiger partial charge in [-0.3, -0.25) is 9.59 Å². The fourth-order valence-corrected chi connectivity index (χ4v) is 2.78. The Morgan fingerprint density at radius 1 is 1.00 bits per heavy atom. The Morgan fingerprint density at radius 2 is 1.78 bits per heavy atom. The summed E-state index contributed by atoms with van der Waals surface area (Å²) in [4.78, 5) is 23.4. The second kappa shape index (κ2) is 8.56. The lowest BCUT2D eigenvalue weighted by Crippen LogP contribution is -2.13. The molecule has 0 saturated heterocycles. The predicted molar refractivity (Wildman–Crippen MR) is 107 cm³/mol. The van der Waals surface area contributed by atoms with Gasteiger partial charge in [0.05, 0.1) is 10.7 Å². The van der Waals surface area contributed by atoms with E-state index >= 15 is 0 Å². The van der Waals surface area contributed by atoms with E-state index in [9.17, 15) is 9.59 Å². The highest BCUT2D eigenvalue weighted by atomic mass is 35.5. The van der Waals surface area contributed by atoms with Crippen LogP contribution in [0, 0.1) is 0 Å². The normalized spacial score (nSPS) is 10.4. The Kier molecular flexibility index (Phi) is 5.94. The second-order valence-corrected chi connectivity index (χ2v) is 6.46. The molecule has 138 valence electrons. The minimum atomic E-state index is -0.229. The van der Waals surface area contributed by atoms with Crippen molar-refractivity contribution in [2.45, 2.75) is 19.8 Å². The Bertz CT molecular complexity index is 951. The van der Waals surface area contributed by atoms with Gasteiger partial charge in [0.15, 0.2) is 0 Å². The van der Waals surface area contributed by atoms with Gasteiger partial charge in [-0.25, -0.2) is 0 Å². The summed E-state index contributed by atoms with van der Waals surface area (Å²) in [6.45, 7) is 1.40. The molecule has 1 aromatic heterocycles. The van der Waals surface area contributed by atoms with Gasteiger partial charge < -0.3 is 15.1 Å². The van der Waals surface area contributed by atoms with Crippen LogP contribution in [-0.2, 0) is 16.0 Å². The molecule has 3 aromatic rings. The first-order chi connectivity index (χ1) is 13.0. The molecule has 0 bridgehead atoms. The van der Waals surface area contributed by atoms with Crippen LogP contribution in [0.3, 0.4) is 0 Å². The number of hydrogen-bond donors (Lipinski definition) is 2. The minimum Gasteiger partial charge on any atom is -0.461 e. The van der Waals surface area contributed by atoms with Crippen LogP contribution in [-0.4, -0.2) is 11.8 Å². The van der Waals surface area contributed by atoms with Gasteiger partial charge in [0, 0.05) is 31.0 Å². The van der Waals surface area contributed by atoms with E-state index < -0.39 is 0 Å². The summed E-state index contributed by atoms with van der Waals surface area (Å²) in [6.07, 6.45) is 0.769. The largest absolute Gasteiger partial charge is 0.461 e. The predicted octanol–water partition coefficient (Wildman–Crippen LogP) is 5.13. The van der Waals surface area contributed by atoms with Crippen LogP contribution in [0.2, 0.25) is 5.02 Å². The monoisotopic (exact) mass is 382 g/mol. The van der Waals surface area contributed by atoms with Gasteiger partial charge in [-0.1, -0.05) is 41.9 Å². The van der Waals surface area contributed by atoms with Crippen molar-refractivity contribution in [1.82, 2.24) is 0 Å². The molecule has 27 heavy (non-hydrogen) atoms. The van der Waals surface area contributed by atoms with E-state index in [1.807, 2.05) is 42.5 Å². The van der Waals surface area contributed by atoms with Crippen LogP contribution < -0.4 is 10.6 Å². The highest BCUT2D eigenvalue weighted by Gasteiger charge is 2.09. The van der Waals surface area contributed by atoms with E-state index in [0.717, 1.165) is 17.1 Å². The van der Waals surface area contributed by atoms with Crippen LogP contribution in [0.5, 0.6) is 0 Å². The first-order valence-electron chi connectivity index (χ1n) is 8.52. The van der Waals surface area contributed by atoms with Crippen LogP contribution in [0.1, 0.15) is 19.1 Å². The molecular weight excluding hydrogens is 364 g/mol. The topological polar surface area (TPSA) is 71.3 Å². The van der Waals surface area contributed by atoms with E-state index in [-0.39, 0.29) is 18.2 Å². The summed E-state index contributed by atoms with van der Waals surface area (Å²) in [6, 6.07) is 18.5. The van der Waals surface area contributed by atoms with E-state index in [1.54, 1.807) is 18.2 Å². The zero-order valence-corrected chi connectivity index (χ0v) is 15.5. The van der Waals surface area contributed by atoms with Gasteiger partial charge in [-0.05, 0) is 30.3 Å². The van der Waals surface area contributed by atoms with Crippen LogP contribution in [0.15, 0.2) is 65.1 Å². The number of nitrogens with one attached hydrogen (secondary N) is 2. The van der Waals surface area contributed by atoms with Crippen molar-refractivity contribution in [2.24, 2.45) is 0 Å². The van der Waals surface area contributed by atoms with Gasteiger partial charge >= 0.3 is 0 Å². The number of anilines is 2. The molecule has 6 heteroatoms. The Hall–Kier alpha value is -3.05. The summed E-state index contributed by atoms with van der Waals surface area (Å²) < 4.78 is 5.80. The highest BCUT2D eigenvalue weighted by molar-refractivity contribution is 6.33. The number of halogens is 1. The molecule has 0 saturated carbocycles. The SMILES string of the molecule is CC(=O)Nc1cc(NC(=O)CCc2ccc(-c3ccccc3)o2)ccc1Cl. The smallest absolute Gasteiger partial charge is 0.224 e. The molecule has 0 aliphatic rings. The maximum atomic E-state index is 12.2. The maximum absolute atomic E-state index is 12.2. The van der Waals surface area contributed by atoms with Crippen molar-refractivity contribution in [3.8, 4) is 11.3 Å². The Labute approximate surface area is 162 Å². The van der Waals surface area contributed by atoms with Gasteiger partial charge in [0.1, 0.15) is 11.5 Å². The lowest BCUT2D eigenvalue weighted by Gasteiger charge is -2.09. The zero-order valence-electron chi connectivity index (χ0n) is 14.8. The van der Waals surface area contributed by atoms with E-state index in [2.05, 4.69) is 10.6 Å². The van der Waals surface area contributed by atoms with Crippen LogP contribution >= 0.6 is 11.6 Å². The third-order valence-electron chi connectivity index (χ3n) is 3.88. The fourth-order valence-electron chi connectivity index (χ4n) is 2.62. The average Bonchev–Trinajstić information content (AvgIpc) is 3.12. The molecule has 2 aromatic carbocycles. The summed E-state index contributed by atoms with van der Waals surface area (Å²) >= 11 is 6.03. The van der Waals surface area contributed by atoms with Crippen molar-refractivity contribution in [1.29, 1.82) is 0 Å². The van der Waals surface area contributed by atoms with Crippen molar-refractivity contribution in [2.75, 3.05) is 10.6 Å². The molecule has 3 rings (SSSR count). The molecule has 5 nitrogen and oxygen atoms in total. The number of carbonyl (C=O) groups is 2. The zero-order chi connectivity index (χ0) is 19.2. The van der Waals surface area contributed by atoms with Gasteiger partial charge in [0.25, 0.3) is 0 Å². The first-order valence-corrected chi connectivity index (χ1v) is 8.90. The molecule has 2 N–H and O–H groups in total. The minimum absolute atomic E-state index is 0.149. The van der Waals surface area contributed by atoms with Crippen molar-refractivity contribution in [3.05, 3.63) is 71.4 Å². The molecule has 0 unspecified atom stereocenters. The van der Waals surface area contributed by atoms with Crippen molar-refractivity contribution < 1.29 is 14.0 Å². The molecule has 2 amide bonds. The third-order valence-corrected chi connectivity index (χ3v) is 4.21. The number of aryl methyl sites for hydroxylation is 1. The molecular formula is C21H19ClN2O3. The molecule has 0 aliphatic heterocycles. The maximum Gasteiger partial charge on any atom is 0.224 e. The van der Waals surface area contributed by atoms with Gasteiger partial charge in [0.2, 0.25) is 11.8 Å². The highest BCUT2D eigenvalue weighted by Crippen LogP contribution is 2.26.